The zero-order valence-electron chi connectivity index (χ0n) is 16.9. The molecule has 2 aromatic rings. The molecule has 1 N–H and O–H groups in total. The van der Waals surface area contributed by atoms with Gasteiger partial charge in [0.2, 0.25) is 0 Å². The number of hydrogen-bond acceptors (Lipinski definition) is 4. The zero-order chi connectivity index (χ0) is 21.2. The molecule has 0 spiro atoms. The minimum Gasteiger partial charge on any atom is -0.476 e. The van der Waals surface area contributed by atoms with Crippen molar-refractivity contribution in [2.75, 3.05) is 17.4 Å². The summed E-state index contributed by atoms with van der Waals surface area (Å²) in [6.07, 6.45) is 0.601. The maximum absolute atomic E-state index is 13.4. The number of hydrogen-bond donors (Lipinski definition) is 1. The van der Waals surface area contributed by atoms with Crippen molar-refractivity contribution >= 4 is 21.6 Å². The van der Waals surface area contributed by atoms with Crippen LogP contribution in [0.1, 0.15) is 26.3 Å². The smallest absolute Gasteiger partial charge is 0.264 e. The fourth-order valence-electron chi connectivity index (χ4n) is 3.09. The number of nitrogens with zero attached hydrogens (tertiary/aromatic N) is 1. The minimum atomic E-state index is -3.87. The van der Waals surface area contributed by atoms with E-state index < -0.39 is 16.1 Å². The summed E-state index contributed by atoms with van der Waals surface area (Å²) in [5, 5.41) is 2.68. The van der Waals surface area contributed by atoms with Gasteiger partial charge in [-0.05, 0) is 35.2 Å². The van der Waals surface area contributed by atoms with Crippen LogP contribution in [0.5, 0.6) is 5.75 Å². The van der Waals surface area contributed by atoms with Gasteiger partial charge in [0.15, 0.2) is 6.10 Å². The van der Waals surface area contributed by atoms with Crippen molar-refractivity contribution in [3.8, 4) is 5.75 Å². The van der Waals surface area contributed by atoms with Crippen LogP contribution in [0.3, 0.4) is 0 Å². The van der Waals surface area contributed by atoms with Gasteiger partial charge in [0, 0.05) is 6.54 Å². The second-order valence-electron chi connectivity index (χ2n) is 7.92. The van der Waals surface area contributed by atoms with Crippen molar-refractivity contribution < 1.29 is 17.9 Å². The van der Waals surface area contributed by atoms with E-state index in [-0.39, 0.29) is 29.3 Å². The predicted octanol–water partition coefficient (Wildman–Crippen LogP) is 3.24. The van der Waals surface area contributed by atoms with Gasteiger partial charge in [0.25, 0.3) is 15.9 Å². The van der Waals surface area contributed by atoms with E-state index >= 15 is 0 Å². The molecule has 0 fully saturated rings. The van der Waals surface area contributed by atoms with E-state index in [4.69, 9.17) is 4.74 Å². The molecular weight excluding hydrogens is 388 g/mol. The number of benzene rings is 2. The van der Waals surface area contributed by atoms with E-state index in [9.17, 15) is 13.2 Å². The quantitative estimate of drug-likeness (QED) is 0.762. The largest absolute Gasteiger partial charge is 0.476 e. The Bertz CT molecular complexity index is 1010. The van der Waals surface area contributed by atoms with E-state index in [0.29, 0.717) is 11.4 Å². The molecule has 3 rings (SSSR count). The van der Waals surface area contributed by atoms with Crippen molar-refractivity contribution in [1.82, 2.24) is 5.32 Å². The average molecular weight is 415 g/mol. The van der Waals surface area contributed by atoms with Crippen molar-refractivity contribution in [3.63, 3.8) is 0 Å². The highest BCUT2D eigenvalue weighted by Gasteiger charge is 2.38. The summed E-state index contributed by atoms with van der Waals surface area (Å²) in [6, 6.07) is 13.7. The van der Waals surface area contributed by atoms with Crippen LogP contribution in [0.2, 0.25) is 0 Å². The lowest BCUT2D eigenvalue weighted by Gasteiger charge is -2.36. The monoisotopic (exact) mass is 414 g/mol. The summed E-state index contributed by atoms with van der Waals surface area (Å²) < 4.78 is 34.0. The number of carbonyl (C=O) groups excluding carboxylic acids is 1. The number of fused-ring (bicyclic) bond motifs is 1. The maximum atomic E-state index is 13.4. The first-order chi connectivity index (χ1) is 13.6. The Hall–Kier alpha value is -2.80. The molecular formula is C22H26N2O4S. The van der Waals surface area contributed by atoms with Crippen molar-refractivity contribution in [3.05, 3.63) is 66.7 Å². The third-order valence-electron chi connectivity index (χ3n) is 4.74. The number of rotatable bonds is 5. The standard InChI is InChI=1S/C22H26N2O4S/c1-5-13-23-21(25)20-15-24(29(26,27)17-9-7-6-8-10-17)18-14-16(22(2,3)4)11-12-19(18)28-20/h5-12,14,20H,1,13,15H2,2-4H3,(H,23,25)/t20-/m0/s1. The summed E-state index contributed by atoms with van der Waals surface area (Å²) in [6.45, 7) is 9.91. The van der Waals surface area contributed by atoms with E-state index in [1.54, 1.807) is 42.5 Å². The molecule has 1 aliphatic rings. The Morgan fingerprint density at radius 3 is 2.55 bits per heavy atom. The van der Waals surface area contributed by atoms with Crippen LogP contribution in [-0.4, -0.2) is 33.5 Å². The fourth-order valence-corrected chi connectivity index (χ4v) is 4.58. The lowest BCUT2D eigenvalue weighted by Crippen LogP contribution is -2.50. The van der Waals surface area contributed by atoms with Crippen molar-refractivity contribution in [2.45, 2.75) is 37.2 Å². The molecule has 0 radical (unpaired) electrons. The van der Waals surface area contributed by atoms with E-state index in [1.165, 1.54) is 4.31 Å². The van der Waals surface area contributed by atoms with Crippen LogP contribution in [0.15, 0.2) is 66.1 Å². The highest BCUT2D eigenvalue weighted by molar-refractivity contribution is 7.92. The normalized spacial score (nSPS) is 16.5. The highest BCUT2D eigenvalue weighted by atomic mass is 32.2. The zero-order valence-corrected chi connectivity index (χ0v) is 17.7. The SMILES string of the molecule is C=CCNC(=O)[C@@H]1CN(S(=O)(=O)c2ccccc2)c2cc(C(C)(C)C)ccc2O1. The van der Waals surface area contributed by atoms with E-state index in [0.717, 1.165) is 5.56 Å². The summed E-state index contributed by atoms with van der Waals surface area (Å²) in [5.41, 5.74) is 1.24. The third-order valence-corrected chi connectivity index (χ3v) is 6.53. The molecule has 2 aromatic carbocycles. The molecule has 0 aliphatic carbocycles. The minimum absolute atomic E-state index is 0.110. The summed E-state index contributed by atoms with van der Waals surface area (Å²) >= 11 is 0. The second kappa shape index (κ2) is 7.91. The fraction of sp³-hybridized carbons (Fsp3) is 0.318. The summed E-state index contributed by atoms with van der Waals surface area (Å²) in [4.78, 5) is 12.7. The van der Waals surface area contributed by atoms with Crippen LogP contribution in [0.25, 0.3) is 0 Å². The molecule has 0 aromatic heterocycles. The third kappa shape index (κ3) is 4.29. The number of amides is 1. The molecule has 7 heteroatoms. The van der Waals surface area contributed by atoms with Gasteiger partial charge in [-0.3, -0.25) is 9.10 Å². The predicted molar refractivity (Wildman–Crippen MR) is 114 cm³/mol. The van der Waals surface area contributed by atoms with Gasteiger partial charge >= 0.3 is 0 Å². The highest BCUT2D eigenvalue weighted by Crippen LogP contribution is 2.40. The number of carbonyl (C=O) groups is 1. The number of sulfonamides is 1. The first kappa shape index (κ1) is 20.9. The van der Waals surface area contributed by atoms with Crippen LogP contribution in [-0.2, 0) is 20.2 Å². The number of anilines is 1. The molecule has 154 valence electrons. The van der Waals surface area contributed by atoms with Gasteiger partial charge in [0.05, 0.1) is 17.1 Å². The van der Waals surface area contributed by atoms with Gasteiger partial charge in [-0.2, -0.15) is 0 Å². The van der Waals surface area contributed by atoms with Crippen LogP contribution < -0.4 is 14.4 Å². The molecule has 0 bridgehead atoms. The molecule has 1 atom stereocenters. The molecule has 0 saturated carbocycles. The van der Waals surface area contributed by atoms with E-state index in [2.05, 4.69) is 32.7 Å². The second-order valence-corrected chi connectivity index (χ2v) is 9.78. The summed E-state index contributed by atoms with van der Waals surface area (Å²) in [5.74, 6) is -0.0220. The Balaban J connectivity index is 2.09. The van der Waals surface area contributed by atoms with Crippen LogP contribution in [0, 0.1) is 0 Å². The topological polar surface area (TPSA) is 75.7 Å². The molecule has 1 amide bonds. The molecule has 1 aliphatic heterocycles. The molecule has 1 heterocycles. The Labute approximate surface area is 172 Å². The Morgan fingerprint density at radius 1 is 1.24 bits per heavy atom. The van der Waals surface area contributed by atoms with E-state index in [1.807, 2.05) is 12.1 Å². The first-order valence-corrected chi connectivity index (χ1v) is 10.9. The van der Waals surface area contributed by atoms with Crippen LogP contribution >= 0.6 is 0 Å². The molecule has 0 unspecified atom stereocenters. The van der Waals surface area contributed by atoms with Crippen molar-refractivity contribution in [2.24, 2.45) is 0 Å². The molecule has 6 nitrogen and oxygen atoms in total. The van der Waals surface area contributed by atoms with Gasteiger partial charge in [-0.25, -0.2) is 8.42 Å². The summed E-state index contributed by atoms with van der Waals surface area (Å²) in [7, 11) is -3.87. The average Bonchev–Trinajstić information content (AvgIpc) is 2.70. The van der Waals surface area contributed by atoms with Gasteiger partial charge in [0.1, 0.15) is 5.75 Å². The van der Waals surface area contributed by atoms with Gasteiger partial charge < -0.3 is 10.1 Å². The lowest BCUT2D eigenvalue weighted by molar-refractivity contribution is -0.127. The van der Waals surface area contributed by atoms with Gasteiger partial charge in [-0.1, -0.05) is 51.1 Å². The molecule has 0 saturated heterocycles. The number of nitrogens with one attached hydrogen (secondary N) is 1. The Kier molecular flexibility index (Phi) is 5.71. The maximum Gasteiger partial charge on any atom is 0.264 e. The number of ether oxygens (including phenoxy) is 1. The van der Waals surface area contributed by atoms with Crippen LogP contribution in [0.4, 0.5) is 5.69 Å². The van der Waals surface area contributed by atoms with Gasteiger partial charge in [-0.15, -0.1) is 6.58 Å². The first-order valence-electron chi connectivity index (χ1n) is 9.42. The van der Waals surface area contributed by atoms with Crippen molar-refractivity contribution in [1.29, 1.82) is 0 Å². The lowest BCUT2D eigenvalue weighted by atomic mass is 9.86. The Morgan fingerprint density at radius 2 is 1.93 bits per heavy atom. The molecule has 29 heavy (non-hydrogen) atoms.